The Bertz CT molecular complexity index is 796. The van der Waals surface area contributed by atoms with E-state index in [2.05, 4.69) is 10.3 Å². The zero-order valence-electron chi connectivity index (χ0n) is 16.4. The summed E-state index contributed by atoms with van der Waals surface area (Å²) < 4.78 is 29.4. The molecule has 0 aromatic heterocycles. The van der Waals surface area contributed by atoms with Gasteiger partial charge in [-0.2, -0.15) is 0 Å². The van der Waals surface area contributed by atoms with E-state index in [0.717, 1.165) is 22.6 Å². The van der Waals surface area contributed by atoms with Gasteiger partial charge in [-0.05, 0) is 29.8 Å². The second kappa shape index (κ2) is 9.66. The van der Waals surface area contributed by atoms with Crippen molar-refractivity contribution in [2.75, 3.05) is 35.4 Å². The van der Waals surface area contributed by atoms with Gasteiger partial charge in [0.05, 0.1) is 21.3 Å². The van der Waals surface area contributed by atoms with Crippen LogP contribution in [-0.4, -0.2) is 46.3 Å². The van der Waals surface area contributed by atoms with Crippen molar-refractivity contribution >= 4 is 5.96 Å². The van der Waals surface area contributed by atoms with Crippen molar-refractivity contribution in [2.45, 2.75) is 13.1 Å². The molecule has 0 spiro atoms. The second-order valence-corrected chi connectivity index (χ2v) is 5.90. The molecule has 0 radical (unpaired) electrons. The lowest BCUT2D eigenvalue weighted by Gasteiger charge is -2.23. The van der Waals surface area contributed by atoms with Crippen LogP contribution in [0.2, 0.25) is 0 Å². The summed E-state index contributed by atoms with van der Waals surface area (Å²) in [6.45, 7) is 1.03. The highest BCUT2D eigenvalue weighted by molar-refractivity contribution is 5.79. The highest BCUT2D eigenvalue weighted by Gasteiger charge is 2.12. The van der Waals surface area contributed by atoms with Crippen LogP contribution in [0.15, 0.2) is 41.4 Å². The number of halogens is 1. The second-order valence-electron chi connectivity index (χ2n) is 5.90. The zero-order valence-corrected chi connectivity index (χ0v) is 16.4. The Morgan fingerprint density at radius 2 is 1.78 bits per heavy atom. The summed E-state index contributed by atoms with van der Waals surface area (Å²) in [4.78, 5) is 6.25. The first kappa shape index (κ1) is 20.4. The van der Waals surface area contributed by atoms with E-state index in [1.807, 2.05) is 36.2 Å². The first-order valence-corrected chi connectivity index (χ1v) is 8.47. The molecule has 0 aliphatic carbocycles. The van der Waals surface area contributed by atoms with E-state index in [-0.39, 0.29) is 11.6 Å². The quantitative estimate of drug-likeness (QED) is 0.595. The van der Waals surface area contributed by atoms with Gasteiger partial charge in [-0.15, -0.1) is 0 Å². The summed E-state index contributed by atoms with van der Waals surface area (Å²) in [5.74, 6) is 2.01. The topological polar surface area (TPSA) is 55.3 Å². The number of nitrogens with one attached hydrogen (secondary N) is 1. The van der Waals surface area contributed by atoms with Gasteiger partial charge in [0.1, 0.15) is 11.5 Å². The molecule has 6 nitrogen and oxygen atoms in total. The van der Waals surface area contributed by atoms with Gasteiger partial charge in [0.2, 0.25) is 0 Å². The maximum atomic E-state index is 13.8. The molecule has 0 saturated carbocycles. The average molecular weight is 375 g/mol. The Labute approximate surface area is 159 Å². The molecule has 146 valence electrons. The standard InChI is InChI=1S/C20H26FN3O3/c1-22-20(23-12-14-6-9-18(26-4)17(21)10-14)24(2)13-15-7-8-16(25-3)11-19(15)27-5/h6-11H,12-13H2,1-5H3,(H,22,23). The lowest BCUT2D eigenvalue weighted by Crippen LogP contribution is -2.38. The van der Waals surface area contributed by atoms with Gasteiger partial charge in [0.15, 0.2) is 17.5 Å². The van der Waals surface area contributed by atoms with Gasteiger partial charge in [0.25, 0.3) is 0 Å². The Hall–Kier alpha value is -2.96. The van der Waals surface area contributed by atoms with Crippen LogP contribution in [0, 0.1) is 5.82 Å². The largest absolute Gasteiger partial charge is 0.497 e. The molecule has 0 aliphatic heterocycles. The SMILES string of the molecule is CN=C(NCc1ccc(OC)c(F)c1)N(C)Cc1ccc(OC)cc1OC. The fraction of sp³-hybridized carbons (Fsp3) is 0.350. The summed E-state index contributed by atoms with van der Waals surface area (Å²) in [6.07, 6.45) is 0. The van der Waals surface area contributed by atoms with Crippen molar-refractivity contribution in [3.05, 3.63) is 53.3 Å². The van der Waals surface area contributed by atoms with E-state index in [9.17, 15) is 4.39 Å². The third-order valence-electron chi connectivity index (χ3n) is 4.14. The lowest BCUT2D eigenvalue weighted by molar-refractivity contribution is 0.382. The Morgan fingerprint density at radius 3 is 2.37 bits per heavy atom. The number of hydrogen-bond donors (Lipinski definition) is 1. The first-order chi connectivity index (χ1) is 13.0. The number of benzene rings is 2. The normalized spacial score (nSPS) is 11.1. The molecule has 2 rings (SSSR count). The molecule has 0 bridgehead atoms. The third kappa shape index (κ3) is 5.26. The van der Waals surface area contributed by atoms with Crippen LogP contribution in [0.1, 0.15) is 11.1 Å². The van der Waals surface area contributed by atoms with Crippen LogP contribution in [0.3, 0.4) is 0 Å². The van der Waals surface area contributed by atoms with E-state index in [1.54, 1.807) is 27.3 Å². The maximum Gasteiger partial charge on any atom is 0.193 e. The summed E-state index contributed by atoms with van der Waals surface area (Å²) in [7, 11) is 8.32. The van der Waals surface area contributed by atoms with Crippen LogP contribution >= 0.6 is 0 Å². The Balaban J connectivity index is 2.04. The Morgan fingerprint density at radius 1 is 1.04 bits per heavy atom. The summed E-state index contributed by atoms with van der Waals surface area (Å²) in [5, 5.41) is 3.23. The van der Waals surface area contributed by atoms with Crippen LogP contribution in [0.5, 0.6) is 17.2 Å². The van der Waals surface area contributed by atoms with E-state index >= 15 is 0 Å². The highest BCUT2D eigenvalue weighted by Crippen LogP contribution is 2.25. The minimum atomic E-state index is -0.386. The number of hydrogen-bond acceptors (Lipinski definition) is 4. The van der Waals surface area contributed by atoms with Gasteiger partial charge in [-0.1, -0.05) is 6.07 Å². The minimum absolute atomic E-state index is 0.229. The fourth-order valence-electron chi connectivity index (χ4n) is 2.70. The number of rotatable bonds is 7. The summed E-state index contributed by atoms with van der Waals surface area (Å²) >= 11 is 0. The number of methoxy groups -OCH3 is 3. The molecule has 7 heteroatoms. The van der Waals surface area contributed by atoms with Crippen LogP contribution in [0.25, 0.3) is 0 Å². The van der Waals surface area contributed by atoms with Crippen molar-refractivity contribution in [3.63, 3.8) is 0 Å². The number of nitrogens with zero attached hydrogens (tertiary/aromatic N) is 2. The molecular formula is C20H26FN3O3. The molecule has 27 heavy (non-hydrogen) atoms. The fourth-order valence-corrected chi connectivity index (χ4v) is 2.70. The third-order valence-corrected chi connectivity index (χ3v) is 4.14. The number of ether oxygens (including phenoxy) is 3. The molecule has 2 aromatic rings. The molecule has 0 amide bonds. The molecule has 0 heterocycles. The molecule has 0 saturated heterocycles. The predicted molar refractivity (Wildman–Crippen MR) is 104 cm³/mol. The number of aliphatic imine (C=N–C) groups is 1. The monoisotopic (exact) mass is 375 g/mol. The molecule has 0 aliphatic rings. The van der Waals surface area contributed by atoms with Crippen LogP contribution in [-0.2, 0) is 13.1 Å². The molecule has 0 unspecified atom stereocenters. The van der Waals surface area contributed by atoms with Crippen molar-refractivity contribution < 1.29 is 18.6 Å². The van der Waals surface area contributed by atoms with Crippen molar-refractivity contribution in [1.29, 1.82) is 0 Å². The van der Waals surface area contributed by atoms with Gasteiger partial charge in [-0.25, -0.2) is 4.39 Å². The molecule has 0 atom stereocenters. The van der Waals surface area contributed by atoms with Crippen molar-refractivity contribution in [3.8, 4) is 17.2 Å². The lowest BCUT2D eigenvalue weighted by atomic mass is 10.2. The molecule has 0 fully saturated rings. The first-order valence-electron chi connectivity index (χ1n) is 8.47. The van der Waals surface area contributed by atoms with Gasteiger partial charge in [-0.3, -0.25) is 4.99 Å². The Kier molecular flexibility index (Phi) is 7.28. The van der Waals surface area contributed by atoms with E-state index < -0.39 is 0 Å². The van der Waals surface area contributed by atoms with E-state index in [4.69, 9.17) is 14.2 Å². The molecule has 1 N–H and O–H groups in total. The summed E-state index contributed by atoms with van der Waals surface area (Å²) in [5.41, 5.74) is 1.80. The van der Waals surface area contributed by atoms with E-state index in [0.29, 0.717) is 19.0 Å². The van der Waals surface area contributed by atoms with E-state index in [1.165, 1.54) is 13.2 Å². The van der Waals surface area contributed by atoms with Crippen LogP contribution < -0.4 is 19.5 Å². The highest BCUT2D eigenvalue weighted by atomic mass is 19.1. The average Bonchev–Trinajstić information content (AvgIpc) is 2.68. The summed E-state index contributed by atoms with van der Waals surface area (Å²) in [6, 6.07) is 10.6. The van der Waals surface area contributed by atoms with Crippen molar-refractivity contribution in [2.24, 2.45) is 4.99 Å². The predicted octanol–water partition coefficient (Wildman–Crippen LogP) is 3.06. The van der Waals surface area contributed by atoms with Gasteiger partial charge < -0.3 is 24.4 Å². The van der Waals surface area contributed by atoms with Gasteiger partial charge >= 0.3 is 0 Å². The molecular weight excluding hydrogens is 349 g/mol. The smallest absolute Gasteiger partial charge is 0.193 e. The zero-order chi connectivity index (χ0) is 19.8. The minimum Gasteiger partial charge on any atom is -0.497 e. The van der Waals surface area contributed by atoms with Crippen LogP contribution in [0.4, 0.5) is 4.39 Å². The maximum absolute atomic E-state index is 13.8. The molecule has 2 aromatic carbocycles. The van der Waals surface area contributed by atoms with Crippen molar-refractivity contribution in [1.82, 2.24) is 10.2 Å². The number of guanidine groups is 1. The van der Waals surface area contributed by atoms with Gasteiger partial charge in [0, 0.05) is 38.8 Å².